The van der Waals surface area contributed by atoms with E-state index in [4.69, 9.17) is 16.3 Å². The van der Waals surface area contributed by atoms with Gasteiger partial charge in [0.1, 0.15) is 6.17 Å². The summed E-state index contributed by atoms with van der Waals surface area (Å²) in [5.41, 5.74) is 1.00. The fraction of sp³-hybridized carbons (Fsp3) is 0.500. The number of amides is 1. The molecule has 1 atom stereocenters. The molecule has 4 nitrogen and oxygen atoms in total. The molecule has 1 aromatic rings. The van der Waals surface area contributed by atoms with Crippen LogP contribution in [-0.2, 0) is 9.53 Å². The van der Waals surface area contributed by atoms with Crippen molar-refractivity contribution in [3.8, 4) is 0 Å². The van der Waals surface area contributed by atoms with Crippen LogP contribution in [0.5, 0.6) is 0 Å². The molecule has 1 aliphatic heterocycles. The highest BCUT2D eigenvalue weighted by Gasteiger charge is 2.31. The van der Waals surface area contributed by atoms with E-state index in [-0.39, 0.29) is 18.2 Å². The monoisotopic (exact) mass is 282 g/mol. The highest BCUT2D eigenvalue weighted by Crippen LogP contribution is 2.24. The van der Waals surface area contributed by atoms with Gasteiger partial charge in [-0.2, -0.15) is 0 Å². The lowest BCUT2D eigenvalue weighted by Gasteiger charge is -2.25. The molecule has 0 aliphatic carbocycles. The first kappa shape index (κ1) is 14.3. The molecule has 2 rings (SSSR count). The SMILES string of the molecule is CC(C)OCCN1C(=O)CNC1c1cccc(Cl)c1. The molecule has 1 unspecified atom stereocenters. The number of hydrogen-bond acceptors (Lipinski definition) is 3. The number of rotatable bonds is 5. The third-order valence-electron chi connectivity index (χ3n) is 3.03. The Hall–Kier alpha value is -1.10. The summed E-state index contributed by atoms with van der Waals surface area (Å²) in [6.45, 7) is 5.46. The van der Waals surface area contributed by atoms with E-state index in [0.29, 0.717) is 24.7 Å². The van der Waals surface area contributed by atoms with Crippen molar-refractivity contribution in [2.45, 2.75) is 26.1 Å². The van der Waals surface area contributed by atoms with Crippen LogP contribution in [-0.4, -0.2) is 36.6 Å². The Morgan fingerprint density at radius 1 is 1.53 bits per heavy atom. The number of halogens is 1. The fourth-order valence-corrected chi connectivity index (χ4v) is 2.35. The quantitative estimate of drug-likeness (QED) is 0.900. The van der Waals surface area contributed by atoms with Crippen molar-refractivity contribution in [1.29, 1.82) is 0 Å². The summed E-state index contributed by atoms with van der Waals surface area (Å²) in [6, 6.07) is 7.57. The van der Waals surface area contributed by atoms with Gasteiger partial charge in [-0.15, -0.1) is 0 Å². The van der Waals surface area contributed by atoms with Gasteiger partial charge in [0.15, 0.2) is 0 Å². The Labute approximate surface area is 118 Å². The lowest BCUT2D eigenvalue weighted by Crippen LogP contribution is -2.33. The number of benzene rings is 1. The minimum Gasteiger partial charge on any atom is -0.377 e. The molecule has 0 aromatic heterocycles. The number of hydrogen-bond donors (Lipinski definition) is 1. The van der Waals surface area contributed by atoms with Crippen LogP contribution < -0.4 is 5.32 Å². The molecule has 1 N–H and O–H groups in total. The predicted molar refractivity (Wildman–Crippen MR) is 75.0 cm³/mol. The van der Waals surface area contributed by atoms with E-state index in [1.165, 1.54) is 0 Å². The third-order valence-corrected chi connectivity index (χ3v) is 3.26. The molecule has 1 amide bonds. The third kappa shape index (κ3) is 3.69. The maximum absolute atomic E-state index is 11.9. The van der Waals surface area contributed by atoms with Crippen LogP contribution in [0.1, 0.15) is 25.6 Å². The summed E-state index contributed by atoms with van der Waals surface area (Å²) in [5.74, 6) is 0.0948. The van der Waals surface area contributed by atoms with Crippen molar-refractivity contribution < 1.29 is 9.53 Å². The molecular weight excluding hydrogens is 264 g/mol. The molecule has 5 heteroatoms. The molecular formula is C14H19ClN2O2. The molecule has 0 spiro atoms. The Kier molecular flexibility index (Phi) is 4.80. The van der Waals surface area contributed by atoms with E-state index in [2.05, 4.69) is 5.32 Å². The summed E-state index contributed by atoms with van der Waals surface area (Å²) in [7, 11) is 0. The van der Waals surface area contributed by atoms with Gasteiger partial charge in [0.25, 0.3) is 0 Å². The highest BCUT2D eigenvalue weighted by atomic mass is 35.5. The van der Waals surface area contributed by atoms with Crippen molar-refractivity contribution >= 4 is 17.5 Å². The van der Waals surface area contributed by atoms with E-state index in [1.807, 2.05) is 38.1 Å². The second-order valence-corrected chi connectivity index (χ2v) is 5.28. The summed E-state index contributed by atoms with van der Waals surface area (Å²) >= 11 is 6.00. The second kappa shape index (κ2) is 6.37. The average molecular weight is 283 g/mol. The first-order valence-corrected chi connectivity index (χ1v) is 6.85. The first-order valence-electron chi connectivity index (χ1n) is 6.48. The van der Waals surface area contributed by atoms with Crippen LogP contribution in [0.15, 0.2) is 24.3 Å². The molecule has 1 fully saturated rings. The van der Waals surface area contributed by atoms with E-state index >= 15 is 0 Å². The minimum absolute atomic E-state index is 0.0948. The molecule has 1 saturated heterocycles. The largest absolute Gasteiger partial charge is 0.377 e. The zero-order valence-corrected chi connectivity index (χ0v) is 12.0. The normalized spacial score (nSPS) is 19.5. The molecule has 0 saturated carbocycles. The van der Waals surface area contributed by atoms with Crippen LogP contribution >= 0.6 is 11.6 Å². The topological polar surface area (TPSA) is 41.6 Å². The van der Waals surface area contributed by atoms with Gasteiger partial charge in [0, 0.05) is 11.6 Å². The van der Waals surface area contributed by atoms with Crippen molar-refractivity contribution in [3.63, 3.8) is 0 Å². The molecule has 1 aromatic carbocycles. The Bertz CT molecular complexity index is 451. The van der Waals surface area contributed by atoms with Gasteiger partial charge < -0.3 is 9.64 Å². The molecule has 0 bridgehead atoms. The number of carbonyl (C=O) groups excluding carboxylic acids is 1. The molecule has 104 valence electrons. The lowest BCUT2D eigenvalue weighted by atomic mass is 10.1. The smallest absolute Gasteiger partial charge is 0.238 e. The minimum atomic E-state index is -0.109. The predicted octanol–water partition coefficient (Wildman–Crippen LogP) is 2.20. The Morgan fingerprint density at radius 2 is 2.32 bits per heavy atom. The van der Waals surface area contributed by atoms with Gasteiger partial charge in [-0.3, -0.25) is 10.1 Å². The molecule has 1 heterocycles. The first-order chi connectivity index (χ1) is 9.08. The fourth-order valence-electron chi connectivity index (χ4n) is 2.15. The molecule has 19 heavy (non-hydrogen) atoms. The molecule has 0 radical (unpaired) electrons. The van der Waals surface area contributed by atoms with E-state index in [1.54, 1.807) is 4.90 Å². The lowest BCUT2D eigenvalue weighted by molar-refractivity contribution is -0.129. The number of ether oxygens (including phenoxy) is 1. The zero-order valence-electron chi connectivity index (χ0n) is 11.2. The zero-order chi connectivity index (χ0) is 13.8. The second-order valence-electron chi connectivity index (χ2n) is 4.85. The summed E-state index contributed by atoms with van der Waals surface area (Å²) < 4.78 is 5.51. The van der Waals surface area contributed by atoms with Crippen molar-refractivity contribution in [2.24, 2.45) is 0 Å². The molecule has 1 aliphatic rings. The van der Waals surface area contributed by atoms with Crippen LogP contribution in [0.2, 0.25) is 5.02 Å². The van der Waals surface area contributed by atoms with E-state index < -0.39 is 0 Å². The van der Waals surface area contributed by atoms with Crippen molar-refractivity contribution in [2.75, 3.05) is 19.7 Å². The highest BCUT2D eigenvalue weighted by molar-refractivity contribution is 6.30. The number of nitrogens with one attached hydrogen (secondary N) is 1. The maximum atomic E-state index is 11.9. The summed E-state index contributed by atoms with van der Waals surface area (Å²) in [4.78, 5) is 13.7. The van der Waals surface area contributed by atoms with Gasteiger partial charge in [-0.25, -0.2) is 0 Å². The van der Waals surface area contributed by atoms with Gasteiger partial charge in [0.2, 0.25) is 5.91 Å². The number of nitrogens with zero attached hydrogens (tertiary/aromatic N) is 1. The van der Waals surface area contributed by atoms with Crippen molar-refractivity contribution in [3.05, 3.63) is 34.9 Å². The Morgan fingerprint density at radius 3 is 3.00 bits per heavy atom. The van der Waals surface area contributed by atoms with Gasteiger partial charge in [-0.05, 0) is 31.5 Å². The maximum Gasteiger partial charge on any atom is 0.238 e. The summed E-state index contributed by atoms with van der Waals surface area (Å²) in [5, 5.41) is 3.88. The Balaban J connectivity index is 2.04. The number of carbonyl (C=O) groups is 1. The summed E-state index contributed by atoms with van der Waals surface area (Å²) in [6.07, 6.45) is 0.0669. The van der Waals surface area contributed by atoms with Gasteiger partial charge >= 0.3 is 0 Å². The van der Waals surface area contributed by atoms with Gasteiger partial charge in [0.05, 0.1) is 19.3 Å². The van der Waals surface area contributed by atoms with Crippen LogP contribution in [0.25, 0.3) is 0 Å². The average Bonchev–Trinajstić information content (AvgIpc) is 2.71. The van der Waals surface area contributed by atoms with Gasteiger partial charge in [-0.1, -0.05) is 23.7 Å². The van der Waals surface area contributed by atoms with E-state index in [0.717, 1.165) is 5.56 Å². The standard InChI is InChI=1S/C14H19ClN2O2/c1-10(2)19-7-6-17-13(18)9-16-14(17)11-4-3-5-12(15)8-11/h3-5,8,10,14,16H,6-7,9H2,1-2H3. The van der Waals surface area contributed by atoms with E-state index in [9.17, 15) is 4.79 Å². The van der Waals surface area contributed by atoms with Crippen LogP contribution in [0.4, 0.5) is 0 Å². The van der Waals surface area contributed by atoms with Crippen LogP contribution in [0.3, 0.4) is 0 Å². The van der Waals surface area contributed by atoms with Crippen molar-refractivity contribution in [1.82, 2.24) is 10.2 Å². The van der Waals surface area contributed by atoms with Crippen LogP contribution in [0, 0.1) is 0 Å².